The summed E-state index contributed by atoms with van der Waals surface area (Å²) in [7, 11) is 1.68. The van der Waals surface area contributed by atoms with E-state index in [1.54, 1.807) is 29.8 Å². The topological polar surface area (TPSA) is 35.2 Å². The fraction of sp³-hybridized carbons (Fsp3) is 0.143. The minimum absolute atomic E-state index is 0.0822. The van der Waals surface area contributed by atoms with Crippen molar-refractivity contribution >= 4 is 32.8 Å². The van der Waals surface area contributed by atoms with Crippen LogP contribution in [0.3, 0.4) is 0 Å². The summed E-state index contributed by atoms with van der Waals surface area (Å²) in [6.45, 7) is 0. The molecule has 0 aliphatic heterocycles. The molecule has 0 spiro atoms. The van der Waals surface area contributed by atoms with Gasteiger partial charge >= 0.3 is 0 Å². The highest BCUT2D eigenvalue weighted by molar-refractivity contribution is 7.17. The first-order valence-electron chi connectivity index (χ1n) is 5.63. The number of nitrogens with two attached hydrogens (primary N) is 1. The number of ether oxygens (including phenoxy) is 1. The van der Waals surface area contributed by atoms with Crippen LogP contribution in [0.25, 0.3) is 10.1 Å². The molecular weight excluding hydrogens is 262 g/mol. The van der Waals surface area contributed by atoms with Crippen LogP contribution >= 0.6 is 22.7 Å². The number of methoxy groups -OCH3 is 1. The highest BCUT2D eigenvalue weighted by Gasteiger charge is 2.15. The first-order chi connectivity index (χ1) is 8.79. The third-order valence-electron chi connectivity index (χ3n) is 2.98. The van der Waals surface area contributed by atoms with E-state index in [4.69, 9.17) is 10.5 Å². The quantitative estimate of drug-likeness (QED) is 0.783. The molecule has 2 nitrogen and oxygen atoms in total. The van der Waals surface area contributed by atoms with Crippen LogP contribution in [0.5, 0.6) is 5.75 Å². The molecule has 0 bridgehead atoms. The average molecular weight is 275 g/mol. The Morgan fingerprint density at radius 1 is 1.22 bits per heavy atom. The van der Waals surface area contributed by atoms with Crippen molar-refractivity contribution < 1.29 is 4.74 Å². The van der Waals surface area contributed by atoms with Gasteiger partial charge in [0.2, 0.25) is 0 Å². The molecule has 0 aliphatic rings. The molecule has 92 valence electrons. The Hall–Kier alpha value is -1.36. The van der Waals surface area contributed by atoms with Crippen LogP contribution in [0.1, 0.15) is 16.5 Å². The summed E-state index contributed by atoms with van der Waals surface area (Å²) in [6.07, 6.45) is 0. The zero-order chi connectivity index (χ0) is 12.5. The summed E-state index contributed by atoms with van der Waals surface area (Å²) < 4.78 is 6.49. The molecule has 0 fully saturated rings. The third kappa shape index (κ3) is 1.92. The number of benzene rings is 1. The van der Waals surface area contributed by atoms with Crippen molar-refractivity contribution in [1.82, 2.24) is 0 Å². The van der Waals surface area contributed by atoms with Gasteiger partial charge in [-0.3, -0.25) is 0 Å². The Kier molecular flexibility index (Phi) is 3.07. The molecule has 0 aliphatic carbocycles. The normalized spacial score (nSPS) is 12.8. The molecule has 2 N–H and O–H groups in total. The lowest BCUT2D eigenvalue weighted by Gasteiger charge is -2.11. The molecule has 0 amide bonds. The van der Waals surface area contributed by atoms with Crippen molar-refractivity contribution in [2.45, 2.75) is 6.04 Å². The summed E-state index contributed by atoms with van der Waals surface area (Å²) in [5, 5.41) is 5.36. The molecule has 1 aromatic carbocycles. The zero-order valence-corrected chi connectivity index (χ0v) is 11.6. The van der Waals surface area contributed by atoms with Crippen molar-refractivity contribution in [2.75, 3.05) is 7.11 Å². The van der Waals surface area contributed by atoms with Gasteiger partial charge in [0.05, 0.1) is 13.2 Å². The van der Waals surface area contributed by atoms with Crippen molar-refractivity contribution in [3.63, 3.8) is 0 Å². The summed E-state index contributed by atoms with van der Waals surface area (Å²) in [4.78, 5) is 1.13. The van der Waals surface area contributed by atoms with Gasteiger partial charge in [-0.2, -0.15) is 0 Å². The molecule has 3 aromatic rings. The lowest BCUT2D eigenvalue weighted by atomic mass is 10.0. The van der Waals surface area contributed by atoms with Gasteiger partial charge in [-0.15, -0.1) is 22.7 Å². The fourth-order valence-corrected chi connectivity index (χ4v) is 3.85. The van der Waals surface area contributed by atoms with Crippen LogP contribution in [0.2, 0.25) is 0 Å². The standard InChI is InChI=1S/C14H13NOS2/c1-16-10-7-12(18-8-10)13(15)11-4-2-3-9-5-6-17-14(9)11/h2-8,13H,15H2,1H3. The summed E-state index contributed by atoms with van der Waals surface area (Å²) >= 11 is 3.39. The van der Waals surface area contributed by atoms with E-state index >= 15 is 0 Å². The molecule has 0 saturated carbocycles. The van der Waals surface area contributed by atoms with Crippen molar-refractivity contribution in [1.29, 1.82) is 0 Å². The van der Waals surface area contributed by atoms with E-state index in [-0.39, 0.29) is 6.04 Å². The Labute approximate surface area is 114 Å². The predicted molar refractivity (Wildman–Crippen MR) is 78.7 cm³/mol. The Morgan fingerprint density at radius 2 is 2.11 bits per heavy atom. The zero-order valence-electron chi connectivity index (χ0n) is 9.92. The third-order valence-corrected chi connectivity index (χ3v) is 4.96. The first kappa shape index (κ1) is 11.7. The second-order valence-corrected chi connectivity index (χ2v) is 5.91. The fourth-order valence-electron chi connectivity index (χ4n) is 2.02. The van der Waals surface area contributed by atoms with Crippen molar-refractivity contribution in [2.24, 2.45) is 5.73 Å². The number of hydrogen-bond acceptors (Lipinski definition) is 4. The second-order valence-electron chi connectivity index (χ2n) is 4.05. The van der Waals surface area contributed by atoms with Crippen LogP contribution in [-0.2, 0) is 0 Å². The van der Waals surface area contributed by atoms with Crippen LogP contribution in [0, 0.1) is 0 Å². The summed E-state index contributed by atoms with van der Waals surface area (Å²) in [5.41, 5.74) is 7.56. The van der Waals surface area contributed by atoms with Gasteiger partial charge in [0.15, 0.2) is 0 Å². The van der Waals surface area contributed by atoms with Crippen LogP contribution in [0.4, 0.5) is 0 Å². The molecule has 18 heavy (non-hydrogen) atoms. The number of rotatable bonds is 3. The highest BCUT2D eigenvalue weighted by Crippen LogP contribution is 2.34. The van der Waals surface area contributed by atoms with Crippen LogP contribution in [0.15, 0.2) is 41.1 Å². The predicted octanol–water partition coefficient (Wildman–Crippen LogP) is 4.02. The summed E-state index contributed by atoms with van der Waals surface area (Å²) in [5.74, 6) is 0.879. The molecule has 2 aromatic heterocycles. The summed E-state index contributed by atoms with van der Waals surface area (Å²) in [6, 6.07) is 10.4. The highest BCUT2D eigenvalue weighted by atomic mass is 32.1. The molecule has 1 atom stereocenters. The van der Waals surface area contributed by atoms with Gasteiger partial charge in [-0.1, -0.05) is 18.2 Å². The largest absolute Gasteiger partial charge is 0.496 e. The molecule has 2 heterocycles. The maximum absolute atomic E-state index is 6.37. The van der Waals surface area contributed by atoms with Crippen LogP contribution < -0.4 is 10.5 Å². The van der Waals surface area contributed by atoms with E-state index in [0.717, 1.165) is 10.6 Å². The van der Waals surface area contributed by atoms with Gasteiger partial charge in [0.1, 0.15) is 5.75 Å². The Balaban J connectivity index is 2.05. The average Bonchev–Trinajstić information content (AvgIpc) is 3.05. The SMILES string of the molecule is COc1csc(C(N)c2cccc3ccsc23)c1. The van der Waals surface area contributed by atoms with E-state index in [9.17, 15) is 0 Å². The monoisotopic (exact) mass is 275 g/mol. The molecule has 0 saturated heterocycles. The minimum atomic E-state index is -0.0822. The van der Waals surface area contributed by atoms with E-state index < -0.39 is 0 Å². The maximum Gasteiger partial charge on any atom is 0.129 e. The second kappa shape index (κ2) is 4.72. The lowest BCUT2D eigenvalue weighted by molar-refractivity contribution is 0.416. The van der Waals surface area contributed by atoms with E-state index in [2.05, 4.69) is 29.6 Å². The molecule has 1 unspecified atom stereocenters. The van der Waals surface area contributed by atoms with Crippen LogP contribution in [-0.4, -0.2) is 7.11 Å². The Morgan fingerprint density at radius 3 is 2.89 bits per heavy atom. The van der Waals surface area contributed by atoms with E-state index in [0.29, 0.717) is 0 Å². The van der Waals surface area contributed by atoms with Crippen molar-refractivity contribution in [3.05, 3.63) is 51.5 Å². The van der Waals surface area contributed by atoms with Gasteiger partial charge in [0, 0.05) is 15.0 Å². The minimum Gasteiger partial charge on any atom is -0.496 e. The van der Waals surface area contributed by atoms with E-state index in [1.165, 1.54) is 15.6 Å². The number of fused-ring (bicyclic) bond motifs is 1. The maximum atomic E-state index is 6.37. The first-order valence-corrected chi connectivity index (χ1v) is 7.39. The van der Waals surface area contributed by atoms with Gasteiger partial charge in [-0.05, 0) is 28.5 Å². The molecular formula is C14H13NOS2. The number of thiophene rings is 2. The molecule has 0 radical (unpaired) electrons. The van der Waals surface area contributed by atoms with Gasteiger partial charge < -0.3 is 10.5 Å². The van der Waals surface area contributed by atoms with Crippen molar-refractivity contribution in [3.8, 4) is 5.75 Å². The number of hydrogen-bond donors (Lipinski definition) is 1. The smallest absolute Gasteiger partial charge is 0.129 e. The van der Waals surface area contributed by atoms with Gasteiger partial charge in [-0.25, -0.2) is 0 Å². The lowest BCUT2D eigenvalue weighted by Crippen LogP contribution is -2.10. The molecule has 4 heteroatoms. The Bertz CT molecular complexity index is 671. The molecule has 3 rings (SSSR count). The van der Waals surface area contributed by atoms with E-state index in [1.807, 2.05) is 11.4 Å². The van der Waals surface area contributed by atoms with Gasteiger partial charge in [0.25, 0.3) is 0 Å².